The van der Waals surface area contributed by atoms with Gasteiger partial charge in [0.05, 0.1) is 0 Å². The van der Waals surface area contributed by atoms with Crippen LogP contribution < -0.4 is 5.32 Å². The molecule has 108 valence electrons. The van der Waals surface area contributed by atoms with Crippen molar-refractivity contribution in [2.75, 3.05) is 19.6 Å². The predicted molar refractivity (Wildman–Crippen MR) is 71.8 cm³/mol. The molecule has 1 aliphatic carbocycles. The molecule has 5 nitrogen and oxygen atoms in total. The van der Waals surface area contributed by atoms with Crippen molar-refractivity contribution >= 4 is 11.9 Å². The van der Waals surface area contributed by atoms with Gasteiger partial charge in [0.15, 0.2) is 0 Å². The highest BCUT2D eigenvalue weighted by molar-refractivity contribution is 5.81. The Morgan fingerprint density at radius 3 is 2.47 bits per heavy atom. The molecule has 1 atom stereocenters. The molecule has 0 bridgehead atoms. The van der Waals surface area contributed by atoms with Crippen LogP contribution in [0.1, 0.15) is 44.9 Å². The van der Waals surface area contributed by atoms with Gasteiger partial charge < -0.3 is 15.3 Å². The van der Waals surface area contributed by atoms with Crippen LogP contribution in [0.5, 0.6) is 0 Å². The van der Waals surface area contributed by atoms with Crippen LogP contribution in [0.4, 0.5) is 0 Å². The number of nitrogens with zero attached hydrogens (tertiary/aromatic N) is 1. The molecular formula is C14H24N2O3. The number of amides is 1. The topological polar surface area (TPSA) is 69.6 Å². The number of nitrogens with one attached hydrogen (secondary N) is 1. The molecule has 0 aromatic rings. The molecule has 1 heterocycles. The lowest BCUT2D eigenvalue weighted by Crippen LogP contribution is -2.44. The average molecular weight is 268 g/mol. The molecule has 2 rings (SSSR count). The molecule has 0 aromatic heterocycles. The van der Waals surface area contributed by atoms with E-state index >= 15 is 0 Å². The summed E-state index contributed by atoms with van der Waals surface area (Å²) in [5.74, 6) is -0.496. The first-order valence-corrected chi connectivity index (χ1v) is 7.39. The number of piperidine rings is 1. The van der Waals surface area contributed by atoms with Gasteiger partial charge in [0.25, 0.3) is 0 Å². The molecule has 0 spiro atoms. The van der Waals surface area contributed by atoms with Crippen molar-refractivity contribution in [2.45, 2.75) is 51.0 Å². The van der Waals surface area contributed by atoms with Crippen LogP contribution in [0.3, 0.4) is 0 Å². The predicted octanol–water partition coefficient (Wildman–Crippen LogP) is 1.23. The van der Waals surface area contributed by atoms with Crippen molar-refractivity contribution in [3.63, 3.8) is 0 Å². The molecule has 19 heavy (non-hydrogen) atoms. The Labute approximate surface area is 114 Å². The third kappa shape index (κ3) is 4.20. The van der Waals surface area contributed by atoms with Gasteiger partial charge in [-0.25, -0.2) is 0 Å². The summed E-state index contributed by atoms with van der Waals surface area (Å²) in [6.45, 7) is 1.78. The van der Waals surface area contributed by atoms with E-state index in [-0.39, 0.29) is 18.5 Å². The highest BCUT2D eigenvalue weighted by atomic mass is 16.4. The fourth-order valence-electron chi connectivity index (χ4n) is 3.24. The van der Waals surface area contributed by atoms with E-state index in [2.05, 4.69) is 5.32 Å². The second-order valence-electron chi connectivity index (χ2n) is 5.77. The van der Waals surface area contributed by atoms with Crippen molar-refractivity contribution in [3.8, 4) is 0 Å². The summed E-state index contributed by atoms with van der Waals surface area (Å²) in [4.78, 5) is 24.9. The average Bonchev–Trinajstić information content (AvgIpc) is 2.90. The first-order valence-electron chi connectivity index (χ1n) is 7.39. The van der Waals surface area contributed by atoms with Crippen molar-refractivity contribution in [1.29, 1.82) is 0 Å². The maximum absolute atomic E-state index is 12.4. The van der Waals surface area contributed by atoms with E-state index in [1.54, 1.807) is 4.90 Å². The second kappa shape index (κ2) is 6.89. The molecule has 2 aliphatic rings. The van der Waals surface area contributed by atoms with Crippen LogP contribution in [0.2, 0.25) is 0 Å². The molecule has 5 heteroatoms. The first kappa shape index (κ1) is 14.3. The summed E-state index contributed by atoms with van der Waals surface area (Å²) in [7, 11) is 0. The van der Waals surface area contributed by atoms with E-state index in [0.29, 0.717) is 12.3 Å². The van der Waals surface area contributed by atoms with Crippen LogP contribution in [0.25, 0.3) is 0 Å². The number of carbonyl (C=O) groups excluding carboxylic acids is 1. The minimum atomic E-state index is -0.901. The fraction of sp³-hybridized carbons (Fsp3) is 0.857. The molecule has 0 radical (unpaired) electrons. The van der Waals surface area contributed by atoms with Crippen molar-refractivity contribution in [2.24, 2.45) is 5.92 Å². The summed E-state index contributed by atoms with van der Waals surface area (Å²) in [5, 5.41) is 12.3. The molecule has 2 N–H and O–H groups in total. The van der Waals surface area contributed by atoms with Gasteiger partial charge in [0, 0.05) is 12.5 Å². The molecule has 2 fully saturated rings. The third-order valence-corrected chi connectivity index (χ3v) is 4.25. The summed E-state index contributed by atoms with van der Waals surface area (Å²) < 4.78 is 0. The van der Waals surface area contributed by atoms with Crippen molar-refractivity contribution in [3.05, 3.63) is 0 Å². The van der Waals surface area contributed by atoms with E-state index in [1.165, 1.54) is 0 Å². The third-order valence-electron chi connectivity index (χ3n) is 4.25. The Bertz CT molecular complexity index is 321. The number of carboxylic acids is 1. The van der Waals surface area contributed by atoms with E-state index < -0.39 is 5.97 Å². The van der Waals surface area contributed by atoms with Gasteiger partial charge in [0.1, 0.15) is 6.54 Å². The zero-order valence-corrected chi connectivity index (χ0v) is 11.4. The fourth-order valence-corrected chi connectivity index (χ4v) is 3.24. The highest BCUT2D eigenvalue weighted by Gasteiger charge is 2.29. The molecule has 1 saturated heterocycles. The Morgan fingerprint density at radius 1 is 1.16 bits per heavy atom. The van der Waals surface area contributed by atoms with Crippen LogP contribution in [-0.2, 0) is 9.59 Å². The second-order valence-corrected chi connectivity index (χ2v) is 5.77. The number of hydrogen-bond donors (Lipinski definition) is 2. The summed E-state index contributed by atoms with van der Waals surface area (Å²) in [5.41, 5.74) is 0. The van der Waals surface area contributed by atoms with Gasteiger partial charge in [-0.05, 0) is 44.7 Å². The molecule has 1 amide bonds. The highest BCUT2D eigenvalue weighted by Crippen LogP contribution is 2.25. The van der Waals surface area contributed by atoms with E-state index in [0.717, 1.165) is 51.6 Å². The maximum atomic E-state index is 12.4. The number of hydrogen-bond acceptors (Lipinski definition) is 3. The molecular weight excluding hydrogens is 244 g/mol. The smallest absolute Gasteiger partial charge is 0.323 e. The van der Waals surface area contributed by atoms with Crippen LogP contribution >= 0.6 is 0 Å². The normalized spacial score (nSPS) is 24.3. The van der Waals surface area contributed by atoms with Gasteiger partial charge in [-0.15, -0.1) is 0 Å². The Kier molecular flexibility index (Phi) is 5.19. The van der Waals surface area contributed by atoms with Crippen LogP contribution in [0, 0.1) is 5.92 Å². The zero-order valence-electron chi connectivity index (χ0n) is 11.4. The van der Waals surface area contributed by atoms with Gasteiger partial charge in [-0.3, -0.25) is 9.59 Å². The lowest BCUT2D eigenvalue weighted by molar-refractivity contribution is -0.146. The van der Waals surface area contributed by atoms with Gasteiger partial charge in [-0.1, -0.05) is 12.8 Å². The number of carbonyl (C=O) groups is 2. The number of rotatable bonds is 5. The van der Waals surface area contributed by atoms with E-state index in [4.69, 9.17) is 5.11 Å². The quantitative estimate of drug-likeness (QED) is 0.787. The minimum Gasteiger partial charge on any atom is -0.480 e. The van der Waals surface area contributed by atoms with E-state index in [1.807, 2.05) is 0 Å². The monoisotopic (exact) mass is 268 g/mol. The summed E-state index contributed by atoms with van der Waals surface area (Å²) in [6.07, 6.45) is 6.82. The summed E-state index contributed by atoms with van der Waals surface area (Å²) >= 11 is 0. The van der Waals surface area contributed by atoms with Crippen LogP contribution in [0.15, 0.2) is 0 Å². The van der Waals surface area contributed by atoms with Crippen molar-refractivity contribution in [1.82, 2.24) is 10.2 Å². The Balaban J connectivity index is 1.91. The lowest BCUT2D eigenvalue weighted by Gasteiger charge is -2.30. The minimum absolute atomic E-state index is 0.0306. The molecule has 0 aromatic carbocycles. The van der Waals surface area contributed by atoms with Crippen molar-refractivity contribution < 1.29 is 14.7 Å². The van der Waals surface area contributed by atoms with Gasteiger partial charge in [0.2, 0.25) is 5.91 Å². The van der Waals surface area contributed by atoms with Crippen LogP contribution in [-0.4, -0.2) is 47.6 Å². The van der Waals surface area contributed by atoms with Gasteiger partial charge >= 0.3 is 5.97 Å². The summed E-state index contributed by atoms with van der Waals surface area (Å²) in [6, 6.07) is 0.153. The van der Waals surface area contributed by atoms with E-state index in [9.17, 15) is 9.59 Å². The largest absolute Gasteiger partial charge is 0.480 e. The maximum Gasteiger partial charge on any atom is 0.323 e. The van der Waals surface area contributed by atoms with Gasteiger partial charge in [-0.2, -0.15) is 0 Å². The SMILES string of the molecule is O=C(O)CN(C(=O)CC1CCCNC1)C1CCCC1. The molecule has 1 unspecified atom stereocenters. The Hall–Kier alpha value is -1.10. The number of aliphatic carboxylic acids is 1. The lowest BCUT2D eigenvalue weighted by atomic mass is 9.95. The Morgan fingerprint density at radius 2 is 1.89 bits per heavy atom. The molecule has 1 aliphatic heterocycles. The zero-order chi connectivity index (χ0) is 13.7. The number of carboxylic acid groups (broad SMARTS) is 1. The standard InChI is InChI=1S/C14H24N2O3/c17-13(8-11-4-3-7-15-9-11)16(10-14(18)19)12-5-1-2-6-12/h11-12,15H,1-10H2,(H,18,19). The molecule has 1 saturated carbocycles. The first-order chi connectivity index (χ1) is 9.16.